The number of rotatable bonds is 5. The van der Waals surface area contributed by atoms with Crippen molar-refractivity contribution in [1.82, 2.24) is 0 Å². The molecule has 0 N–H and O–H groups in total. The maximum Gasteiger partial charge on any atom is 0.264 e. The first-order valence-corrected chi connectivity index (χ1v) is 35.0. The van der Waals surface area contributed by atoms with Crippen LogP contribution in [0.1, 0.15) is 162 Å². The van der Waals surface area contributed by atoms with E-state index in [-0.39, 0.29) is 39.2 Å². The number of thiophene rings is 1. The molecule has 0 unspecified atom stereocenters. The molecule has 2 aliphatic carbocycles. The molecule has 15 rings (SSSR count). The minimum absolute atomic E-state index is 0.000611. The van der Waals surface area contributed by atoms with Crippen LogP contribution in [0.2, 0.25) is 0 Å². The monoisotopic (exact) mass is 1170 g/mol. The van der Waals surface area contributed by atoms with Gasteiger partial charge >= 0.3 is 0 Å². The van der Waals surface area contributed by atoms with Crippen molar-refractivity contribution in [3.63, 3.8) is 0 Å². The third-order valence-electron chi connectivity index (χ3n) is 21.7. The zero-order valence-corrected chi connectivity index (χ0v) is 55.9. The van der Waals surface area contributed by atoms with Crippen molar-refractivity contribution in [3.8, 4) is 0 Å². The third-order valence-corrected chi connectivity index (χ3v) is 27.7. The zero-order valence-electron chi connectivity index (χ0n) is 54.1. The first kappa shape index (κ1) is 56.2. The number of hydrogen-bond acceptors (Lipinski definition) is 4. The first-order valence-electron chi connectivity index (χ1n) is 32.2. The molecule has 0 bridgehead atoms. The van der Waals surface area contributed by atoms with Crippen molar-refractivity contribution in [3.05, 3.63) is 227 Å². The Morgan fingerprint density at radius 2 is 0.874 bits per heavy atom. The predicted molar refractivity (Wildman–Crippen MR) is 380 cm³/mol. The summed E-state index contributed by atoms with van der Waals surface area (Å²) in [7, 11) is -2.94. The maximum atomic E-state index is 2.80. The van der Waals surface area contributed by atoms with Crippen molar-refractivity contribution < 1.29 is 0 Å². The lowest BCUT2D eigenvalue weighted by atomic mass is 9.35. The van der Waals surface area contributed by atoms with Crippen LogP contribution in [-0.4, -0.2) is 14.8 Å². The summed E-state index contributed by atoms with van der Waals surface area (Å²) in [5.74, 6) is 0. The largest absolute Gasteiger partial charge is 0.311 e. The second-order valence-corrected chi connectivity index (χ2v) is 35.9. The summed E-state index contributed by atoms with van der Waals surface area (Å²) in [6.45, 7) is 36.5. The number of fused-ring (bicyclic) bond motifs is 10. The molecular formula is C81H84BN3SSi. The number of aryl methyl sites for hydroxylation is 1. The predicted octanol–water partition coefficient (Wildman–Crippen LogP) is 17.7. The van der Waals surface area contributed by atoms with Crippen LogP contribution in [0.5, 0.6) is 0 Å². The van der Waals surface area contributed by atoms with Gasteiger partial charge in [0.1, 0.15) is 0 Å². The summed E-state index contributed by atoms with van der Waals surface area (Å²) in [4.78, 5) is 8.19. The molecule has 4 heterocycles. The van der Waals surface area contributed by atoms with Gasteiger partial charge in [-0.3, -0.25) is 0 Å². The smallest absolute Gasteiger partial charge is 0.264 e. The SMILES string of the molecule is Cc1cc2c(cc1N1c3cc4c(cc3B3c5sc6ccc(C(C)(C)C)cc6c5N(c5ccc(C(C)(C)C)cc5)c5cc(N6c7ccccc7[Si](c7ccccc7)(c7ccccc7)c7ccccc76)cc1c53)C(C)(C)CCC4(C)C)C(C)(C)CCC2(C)C. The lowest BCUT2D eigenvalue weighted by Crippen LogP contribution is -2.77. The van der Waals surface area contributed by atoms with E-state index in [1.54, 1.807) is 0 Å². The van der Waals surface area contributed by atoms with Gasteiger partial charge in [-0.1, -0.05) is 224 Å². The molecule has 0 fully saturated rings. The Bertz CT molecular complexity index is 4370. The van der Waals surface area contributed by atoms with E-state index >= 15 is 0 Å². The van der Waals surface area contributed by atoms with Crippen LogP contribution in [0, 0.1) is 6.92 Å². The first-order chi connectivity index (χ1) is 41.3. The molecule has 3 nitrogen and oxygen atoms in total. The van der Waals surface area contributed by atoms with Gasteiger partial charge in [0, 0.05) is 54.7 Å². The van der Waals surface area contributed by atoms with Gasteiger partial charge in [-0.25, -0.2) is 0 Å². The van der Waals surface area contributed by atoms with E-state index in [1.165, 1.54) is 137 Å². The van der Waals surface area contributed by atoms with Crippen molar-refractivity contribution in [2.24, 2.45) is 0 Å². The van der Waals surface area contributed by atoms with Crippen LogP contribution in [-0.2, 0) is 32.5 Å². The highest BCUT2D eigenvalue weighted by Gasteiger charge is 2.52. The van der Waals surface area contributed by atoms with Gasteiger partial charge in [0.25, 0.3) is 6.71 Å². The zero-order chi connectivity index (χ0) is 60.7. The Balaban J connectivity index is 1.12. The molecular weight excluding hydrogens is 1090 g/mol. The summed E-state index contributed by atoms with van der Waals surface area (Å²) in [6, 6.07) is 75.0. The second-order valence-electron chi connectivity index (χ2n) is 31.1. The number of para-hydroxylation sites is 2. The van der Waals surface area contributed by atoms with E-state index in [0.717, 1.165) is 24.9 Å². The fourth-order valence-electron chi connectivity index (χ4n) is 16.4. The molecule has 436 valence electrons. The summed E-state index contributed by atoms with van der Waals surface area (Å²) in [5.41, 5.74) is 24.0. The number of benzene rings is 9. The van der Waals surface area contributed by atoms with E-state index < -0.39 is 8.07 Å². The van der Waals surface area contributed by atoms with Crippen LogP contribution >= 0.6 is 11.3 Å². The lowest BCUT2D eigenvalue weighted by molar-refractivity contribution is 0.331. The van der Waals surface area contributed by atoms with E-state index in [2.05, 4.69) is 307 Å². The Morgan fingerprint density at radius 1 is 0.414 bits per heavy atom. The number of nitrogens with zero attached hydrogens (tertiary/aromatic N) is 3. The molecule has 6 heteroatoms. The van der Waals surface area contributed by atoms with Gasteiger partial charge in [-0.05, 0) is 196 Å². The van der Waals surface area contributed by atoms with E-state index in [4.69, 9.17) is 0 Å². The molecule has 0 saturated heterocycles. The molecule has 0 amide bonds. The average molecular weight is 1170 g/mol. The van der Waals surface area contributed by atoms with E-state index in [9.17, 15) is 0 Å². The number of hydrogen-bond donors (Lipinski definition) is 0. The molecule has 0 atom stereocenters. The Morgan fingerprint density at radius 3 is 1.40 bits per heavy atom. The van der Waals surface area contributed by atoms with Crippen molar-refractivity contribution in [2.45, 2.75) is 162 Å². The minimum Gasteiger partial charge on any atom is -0.311 e. The molecule has 87 heavy (non-hydrogen) atoms. The Kier molecular flexibility index (Phi) is 12.3. The summed E-state index contributed by atoms with van der Waals surface area (Å²) in [6.07, 6.45) is 4.62. The molecule has 0 saturated carbocycles. The second kappa shape index (κ2) is 19.1. The molecule has 1 aromatic heterocycles. The quantitative estimate of drug-likeness (QED) is 0.159. The average Bonchev–Trinajstić information content (AvgIpc) is 1.62. The fourth-order valence-corrected chi connectivity index (χ4v) is 22.8. The topological polar surface area (TPSA) is 9.72 Å². The highest BCUT2D eigenvalue weighted by Crippen LogP contribution is 2.56. The van der Waals surface area contributed by atoms with Crippen LogP contribution in [0.25, 0.3) is 10.1 Å². The van der Waals surface area contributed by atoms with Crippen LogP contribution < -0.4 is 51.1 Å². The van der Waals surface area contributed by atoms with Gasteiger partial charge in [-0.2, -0.15) is 0 Å². The molecule has 9 aromatic carbocycles. The van der Waals surface area contributed by atoms with Crippen molar-refractivity contribution >= 4 is 124 Å². The van der Waals surface area contributed by atoms with Gasteiger partial charge in [-0.15, -0.1) is 11.3 Å². The van der Waals surface area contributed by atoms with E-state index in [0.29, 0.717) is 0 Å². The molecule has 5 aliphatic rings. The maximum absolute atomic E-state index is 2.94. The minimum atomic E-state index is -2.94. The van der Waals surface area contributed by atoms with Crippen LogP contribution in [0.3, 0.4) is 0 Å². The Labute approximate surface area is 524 Å². The molecule has 0 radical (unpaired) electrons. The summed E-state index contributed by atoms with van der Waals surface area (Å²) >= 11 is 2.03. The lowest BCUT2D eigenvalue weighted by Gasteiger charge is -2.49. The van der Waals surface area contributed by atoms with Crippen molar-refractivity contribution in [1.29, 1.82) is 0 Å². The number of anilines is 9. The van der Waals surface area contributed by atoms with Crippen LogP contribution in [0.15, 0.2) is 188 Å². The van der Waals surface area contributed by atoms with Gasteiger partial charge in [0.2, 0.25) is 0 Å². The Hall–Kier alpha value is -7.38. The van der Waals surface area contributed by atoms with Gasteiger partial charge < -0.3 is 14.7 Å². The third kappa shape index (κ3) is 8.31. The van der Waals surface area contributed by atoms with Gasteiger partial charge in [0.05, 0.1) is 11.4 Å². The summed E-state index contributed by atoms with van der Waals surface area (Å²) in [5, 5.41) is 6.90. The van der Waals surface area contributed by atoms with Crippen molar-refractivity contribution in [2.75, 3.05) is 14.7 Å². The van der Waals surface area contributed by atoms with Gasteiger partial charge in [0.15, 0.2) is 8.07 Å². The highest BCUT2D eigenvalue weighted by molar-refractivity contribution is 7.33. The highest BCUT2D eigenvalue weighted by atomic mass is 32.1. The van der Waals surface area contributed by atoms with Crippen LogP contribution in [0.4, 0.5) is 51.2 Å². The molecule has 3 aliphatic heterocycles. The summed E-state index contributed by atoms with van der Waals surface area (Å²) < 4.78 is 2.76. The molecule has 10 aromatic rings. The van der Waals surface area contributed by atoms with E-state index in [1.807, 2.05) is 11.3 Å². The standard InChI is InChI=1S/C81H84BN3SSi/c1-51-44-59-61(80(12,13)42-40-78(59,8)9)49-66(51)85-67-50-62-60(79(10,11)41-43-81(62,14)15)48-63(67)82-73-68(84(54-37-34-52(35-38-54)76(2,3)4)74-58-45-53(77(5,6)7)36-39-70(58)86-75(74)82)46-55(47-69(73)85)83-64-30-22-24-32-71(64)87(56-26-18-16-19-27-56,57-28-20-17-21-29-57)72-33-25-23-31-65(72)83/h16-39,44-50H,40-43H2,1-15H3. The fraction of sp³-hybridized carbons (Fsp3) is 0.309. The molecule has 0 spiro atoms. The normalized spacial score (nSPS) is 18.0.